The van der Waals surface area contributed by atoms with Crippen molar-refractivity contribution in [3.63, 3.8) is 0 Å². The fourth-order valence-electron chi connectivity index (χ4n) is 0.938. The maximum absolute atomic E-state index is 12.2. The second kappa shape index (κ2) is 2.40. The van der Waals surface area contributed by atoms with E-state index in [0.717, 1.165) is 0 Å². The zero-order chi connectivity index (χ0) is 8.54. The maximum atomic E-state index is 12.2. The molecule has 1 unspecified atom stereocenters. The maximum Gasteiger partial charge on any atom is 0.397 e. The van der Waals surface area contributed by atoms with Gasteiger partial charge in [-0.05, 0) is 13.3 Å². The van der Waals surface area contributed by atoms with E-state index in [4.69, 9.17) is 0 Å². The lowest BCUT2D eigenvalue weighted by atomic mass is 9.83. The fraction of sp³-hybridized carbons (Fsp3) is 0.500. The van der Waals surface area contributed by atoms with Gasteiger partial charge in [-0.2, -0.15) is 13.2 Å². The van der Waals surface area contributed by atoms with Crippen LogP contribution in [0.15, 0.2) is 24.3 Å². The van der Waals surface area contributed by atoms with Gasteiger partial charge in [-0.1, -0.05) is 24.3 Å². The van der Waals surface area contributed by atoms with Gasteiger partial charge in [0.1, 0.15) is 0 Å². The minimum absolute atomic E-state index is 0.0486. The first kappa shape index (κ1) is 8.37. The van der Waals surface area contributed by atoms with Crippen molar-refractivity contribution >= 4 is 0 Å². The highest BCUT2D eigenvalue weighted by Crippen LogP contribution is 2.43. The number of allylic oxidation sites excluding steroid dienone is 4. The van der Waals surface area contributed by atoms with Crippen LogP contribution in [0.5, 0.6) is 0 Å². The third kappa shape index (κ3) is 1.47. The summed E-state index contributed by atoms with van der Waals surface area (Å²) in [7, 11) is 0. The zero-order valence-electron chi connectivity index (χ0n) is 6.15. The van der Waals surface area contributed by atoms with Crippen LogP contribution in [0, 0.1) is 5.41 Å². The highest BCUT2D eigenvalue weighted by atomic mass is 19.4. The Morgan fingerprint density at radius 1 is 1.27 bits per heavy atom. The van der Waals surface area contributed by atoms with Crippen LogP contribution in [0.4, 0.5) is 13.2 Å². The Hall–Kier alpha value is -0.730. The summed E-state index contributed by atoms with van der Waals surface area (Å²) < 4.78 is 36.7. The van der Waals surface area contributed by atoms with Crippen LogP contribution in [0.2, 0.25) is 0 Å². The Morgan fingerprint density at radius 3 is 2.18 bits per heavy atom. The van der Waals surface area contributed by atoms with Crippen LogP contribution in [0.25, 0.3) is 0 Å². The van der Waals surface area contributed by atoms with E-state index in [-0.39, 0.29) is 6.42 Å². The molecule has 0 aromatic carbocycles. The van der Waals surface area contributed by atoms with Gasteiger partial charge in [-0.3, -0.25) is 0 Å². The number of halogens is 3. The van der Waals surface area contributed by atoms with Gasteiger partial charge < -0.3 is 0 Å². The molecular formula is C8H9F3. The molecule has 62 valence electrons. The molecule has 0 saturated heterocycles. The number of rotatable bonds is 0. The minimum Gasteiger partial charge on any atom is -0.170 e. The molecule has 0 bridgehead atoms. The molecule has 3 heteroatoms. The van der Waals surface area contributed by atoms with Crippen molar-refractivity contribution in [1.29, 1.82) is 0 Å². The molecule has 0 fully saturated rings. The number of hydrogen-bond donors (Lipinski definition) is 0. The standard InChI is InChI=1S/C8H9F3/c1-7(8(9,10)11)5-3-2-4-6-7/h2-5H,6H2,1H3. The van der Waals surface area contributed by atoms with E-state index < -0.39 is 11.6 Å². The molecule has 0 aliphatic heterocycles. The molecule has 1 atom stereocenters. The molecule has 1 aliphatic carbocycles. The Bertz CT molecular complexity index is 200. The molecule has 0 saturated carbocycles. The van der Waals surface area contributed by atoms with E-state index in [9.17, 15) is 13.2 Å². The fourth-order valence-corrected chi connectivity index (χ4v) is 0.938. The van der Waals surface area contributed by atoms with Crippen LogP contribution in [-0.2, 0) is 0 Å². The van der Waals surface area contributed by atoms with Crippen molar-refractivity contribution in [1.82, 2.24) is 0 Å². The largest absolute Gasteiger partial charge is 0.397 e. The van der Waals surface area contributed by atoms with Crippen LogP contribution in [0.1, 0.15) is 13.3 Å². The average Bonchev–Trinajstić information content (AvgIpc) is 1.87. The summed E-state index contributed by atoms with van der Waals surface area (Å²) in [6.45, 7) is 1.20. The van der Waals surface area contributed by atoms with E-state index in [1.807, 2.05) is 0 Å². The summed E-state index contributed by atoms with van der Waals surface area (Å²) in [6, 6.07) is 0. The zero-order valence-corrected chi connectivity index (χ0v) is 6.15. The lowest BCUT2D eigenvalue weighted by Gasteiger charge is -2.28. The summed E-state index contributed by atoms with van der Waals surface area (Å²) in [6.07, 6.45) is 1.73. The molecular weight excluding hydrogens is 153 g/mol. The Kier molecular flexibility index (Phi) is 1.82. The van der Waals surface area contributed by atoms with Gasteiger partial charge in [-0.25, -0.2) is 0 Å². The monoisotopic (exact) mass is 162 g/mol. The third-order valence-electron chi connectivity index (χ3n) is 1.90. The van der Waals surface area contributed by atoms with E-state index in [0.29, 0.717) is 0 Å². The second-order valence-corrected chi connectivity index (χ2v) is 2.91. The topological polar surface area (TPSA) is 0 Å². The molecule has 1 aliphatic rings. The van der Waals surface area contributed by atoms with Gasteiger partial charge in [0, 0.05) is 0 Å². The van der Waals surface area contributed by atoms with Gasteiger partial charge in [0.05, 0.1) is 5.41 Å². The Morgan fingerprint density at radius 2 is 1.91 bits per heavy atom. The van der Waals surface area contributed by atoms with E-state index in [2.05, 4.69) is 0 Å². The predicted octanol–water partition coefficient (Wildman–Crippen LogP) is 3.07. The molecule has 11 heavy (non-hydrogen) atoms. The van der Waals surface area contributed by atoms with Crippen molar-refractivity contribution in [2.45, 2.75) is 19.5 Å². The molecule has 1 rings (SSSR count). The summed E-state index contributed by atoms with van der Waals surface area (Å²) >= 11 is 0. The summed E-state index contributed by atoms with van der Waals surface area (Å²) in [5, 5.41) is 0. The summed E-state index contributed by atoms with van der Waals surface area (Å²) in [4.78, 5) is 0. The van der Waals surface area contributed by atoms with Crippen LogP contribution in [0.3, 0.4) is 0 Å². The molecule has 0 heterocycles. The van der Waals surface area contributed by atoms with E-state index in [1.165, 1.54) is 25.2 Å². The molecule has 0 N–H and O–H groups in total. The quantitative estimate of drug-likeness (QED) is 0.513. The van der Waals surface area contributed by atoms with Crippen molar-refractivity contribution in [3.05, 3.63) is 24.3 Å². The van der Waals surface area contributed by atoms with Crippen LogP contribution in [-0.4, -0.2) is 6.18 Å². The molecule has 0 radical (unpaired) electrons. The Balaban J connectivity index is 2.84. The number of alkyl halides is 3. The summed E-state index contributed by atoms with van der Waals surface area (Å²) in [5.41, 5.74) is -1.65. The smallest absolute Gasteiger partial charge is 0.170 e. The first-order valence-corrected chi connectivity index (χ1v) is 3.37. The van der Waals surface area contributed by atoms with Crippen LogP contribution >= 0.6 is 0 Å². The highest BCUT2D eigenvalue weighted by Gasteiger charge is 2.48. The normalized spacial score (nSPS) is 30.9. The van der Waals surface area contributed by atoms with E-state index in [1.54, 1.807) is 6.08 Å². The van der Waals surface area contributed by atoms with Gasteiger partial charge in [0.15, 0.2) is 0 Å². The molecule has 0 nitrogen and oxygen atoms in total. The lowest BCUT2D eigenvalue weighted by Crippen LogP contribution is -2.33. The van der Waals surface area contributed by atoms with Crippen molar-refractivity contribution in [3.8, 4) is 0 Å². The average molecular weight is 162 g/mol. The van der Waals surface area contributed by atoms with Crippen molar-refractivity contribution < 1.29 is 13.2 Å². The van der Waals surface area contributed by atoms with Crippen LogP contribution < -0.4 is 0 Å². The first-order chi connectivity index (χ1) is 4.96. The third-order valence-corrected chi connectivity index (χ3v) is 1.90. The van der Waals surface area contributed by atoms with Crippen molar-refractivity contribution in [2.75, 3.05) is 0 Å². The van der Waals surface area contributed by atoms with E-state index >= 15 is 0 Å². The van der Waals surface area contributed by atoms with Gasteiger partial charge in [0.25, 0.3) is 0 Å². The first-order valence-electron chi connectivity index (χ1n) is 3.37. The second-order valence-electron chi connectivity index (χ2n) is 2.91. The molecule has 0 aromatic heterocycles. The number of hydrogen-bond acceptors (Lipinski definition) is 0. The summed E-state index contributed by atoms with van der Waals surface area (Å²) in [5.74, 6) is 0. The van der Waals surface area contributed by atoms with Gasteiger partial charge in [-0.15, -0.1) is 0 Å². The Labute approximate surface area is 63.4 Å². The lowest BCUT2D eigenvalue weighted by molar-refractivity contribution is -0.199. The highest BCUT2D eigenvalue weighted by molar-refractivity contribution is 5.17. The predicted molar refractivity (Wildman–Crippen MR) is 37.1 cm³/mol. The van der Waals surface area contributed by atoms with Gasteiger partial charge in [0.2, 0.25) is 0 Å². The van der Waals surface area contributed by atoms with Crippen molar-refractivity contribution in [2.24, 2.45) is 5.41 Å². The minimum atomic E-state index is -4.13. The molecule has 0 spiro atoms. The van der Waals surface area contributed by atoms with Gasteiger partial charge >= 0.3 is 6.18 Å². The molecule has 0 amide bonds. The molecule has 0 aromatic rings. The SMILES string of the molecule is CC1(C(F)(F)F)C=CC=CC1.